The summed E-state index contributed by atoms with van der Waals surface area (Å²) in [5.74, 6) is -1.12. The number of piperazine rings is 1. The Morgan fingerprint density at radius 2 is 1.87 bits per heavy atom. The van der Waals surface area contributed by atoms with Crippen LogP contribution in [0.5, 0.6) is 5.75 Å². The van der Waals surface area contributed by atoms with Crippen molar-refractivity contribution in [2.24, 2.45) is 15.9 Å². The summed E-state index contributed by atoms with van der Waals surface area (Å²) in [6, 6.07) is 3.69. The van der Waals surface area contributed by atoms with E-state index in [0.717, 1.165) is 6.07 Å². The second-order valence-corrected chi connectivity index (χ2v) is 7.83. The van der Waals surface area contributed by atoms with E-state index in [-0.39, 0.29) is 21.9 Å². The highest BCUT2D eigenvalue weighted by Gasteiger charge is 2.33. The smallest absolute Gasteiger partial charge is 0.405 e. The van der Waals surface area contributed by atoms with Crippen LogP contribution in [0.25, 0.3) is 0 Å². The number of allylic oxidation sites excluding steroid dienone is 3. The molecular formula is C20H16BrF3N4O3. The van der Waals surface area contributed by atoms with Crippen LogP contribution in [0.4, 0.5) is 13.2 Å². The van der Waals surface area contributed by atoms with Crippen molar-refractivity contribution in [3.63, 3.8) is 0 Å². The highest BCUT2D eigenvalue weighted by Crippen LogP contribution is 2.31. The molecule has 0 spiro atoms. The van der Waals surface area contributed by atoms with Crippen LogP contribution < -0.4 is 4.74 Å². The molecule has 0 saturated carbocycles. The maximum absolute atomic E-state index is 12.8. The number of amides is 2. The molecule has 31 heavy (non-hydrogen) atoms. The Morgan fingerprint density at radius 1 is 1.13 bits per heavy atom. The molecule has 162 valence electrons. The fourth-order valence-electron chi connectivity index (χ4n) is 3.43. The molecule has 2 amide bonds. The molecule has 1 atom stereocenters. The largest absolute Gasteiger partial charge is 0.573 e. The normalized spacial score (nSPS) is 20.9. The SMILES string of the molecule is O=C1N=C(N2CCN(C(=O)c3ccc(OC(F)(F)F)c(Br)c3)CC2)N=C2C=CC=CC12. The topological polar surface area (TPSA) is 74.6 Å². The third-order valence-corrected chi connectivity index (χ3v) is 5.58. The van der Waals surface area contributed by atoms with Gasteiger partial charge < -0.3 is 14.5 Å². The Labute approximate surface area is 183 Å². The Hall–Kier alpha value is -2.95. The Bertz CT molecular complexity index is 1040. The first kappa shape index (κ1) is 21.3. The maximum atomic E-state index is 12.8. The van der Waals surface area contributed by atoms with E-state index >= 15 is 0 Å². The summed E-state index contributed by atoms with van der Waals surface area (Å²) in [4.78, 5) is 37.0. The van der Waals surface area contributed by atoms with Crippen LogP contribution in [0, 0.1) is 5.92 Å². The molecule has 0 radical (unpaired) electrons. The van der Waals surface area contributed by atoms with Crippen molar-refractivity contribution in [2.45, 2.75) is 6.36 Å². The number of halogens is 4. The van der Waals surface area contributed by atoms with Crippen LogP contribution in [0.2, 0.25) is 0 Å². The molecule has 1 unspecified atom stereocenters. The molecule has 1 aliphatic carbocycles. The molecule has 7 nitrogen and oxygen atoms in total. The minimum atomic E-state index is -4.82. The first-order valence-electron chi connectivity index (χ1n) is 9.37. The second kappa shape index (κ2) is 8.29. The van der Waals surface area contributed by atoms with E-state index in [1.807, 2.05) is 11.0 Å². The average Bonchev–Trinajstić information content (AvgIpc) is 2.74. The van der Waals surface area contributed by atoms with Crippen molar-refractivity contribution in [3.8, 4) is 5.75 Å². The van der Waals surface area contributed by atoms with Gasteiger partial charge in [0.15, 0.2) is 0 Å². The lowest BCUT2D eigenvalue weighted by atomic mass is 9.97. The molecule has 0 bridgehead atoms. The van der Waals surface area contributed by atoms with E-state index in [1.54, 1.807) is 23.1 Å². The average molecular weight is 497 g/mol. The molecular weight excluding hydrogens is 481 g/mol. The van der Waals surface area contributed by atoms with E-state index in [0.29, 0.717) is 37.9 Å². The molecule has 0 N–H and O–H groups in total. The molecule has 4 rings (SSSR count). The van der Waals surface area contributed by atoms with Crippen molar-refractivity contribution in [1.29, 1.82) is 0 Å². The number of ether oxygens (including phenoxy) is 1. The van der Waals surface area contributed by atoms with E-state index < -0.39 is 18.0 Å². The molecule has 1 saturated heterocycles. The molecule has 2 aliphatic heterocycles. The van der Waals surface area contributed by atoms with Gasteiger partial charge in [0.25, 0.3) is 11.8 Å². The number of hydrogen-bond donors (Lipinski definition) is 0. The van der Waals surface area contributed by atoms with Gasteiger partial charge in [-0.2, -0.15) is 4.99 Å². The monoisotopic (exact) mass is 496 g/mol. The number of benzene rings is 1. The number of hydrogen-bond acceptors (Lipinski definition) is 5. The fraction of sp³-hybridized carbons (Fsp3) is 0.300. The summed E-state index contributed by atoms with van der Waals surface area (Å²) in [5.41, 5.74) is 0.879. The summed E-state index contributed by atoms with van der Waals surface area (Å²) in [6.07, 6.45) is 2.31. The standard InChI is InChI=1S/C20H16BrF3N4O3/c21-14-11-12(5-6-16(14)31-20(22,23)24)18(30)27-7-9-28(10-8-27)19-25-15-4-2-1-3-13(15)17(29)26-19/h1-6,11,13H,7-10H2. The Morgan fingerprint density at radius 3 is 2.55 bits per heavy atom. The van der Waals surface area contributed by atoms with Crippen molar-refractivity contribution in [3.05, 3.63) is 52.5 Å². The van der Waals surface area contributed by atoms with Crippen LogP contribution in [0.15, 0.2) is 57.0 Å². The highest BCUT2D eigenvalue weighted by molar-refractivity contribution is 9.10. The lowest BCUT2D eigenvalue weighted by molar-refractivity contribution is -0.274. The van der Waals surface area contributed by atoms with Gasteiger partial charge in [0.1, 0.15) is 11.7 Å². The van der Waals surface area contributed by atoms with Crippen molar-refractivity contribution in [2.75, 3.05) is 26.2 Å². The summed E-state index contributed by atoms with van der Waals surface area (Å²) >= 11 is 3.01. The number of guanidine groups is 1. The molecule has 1 aromatic rings. The minimum Gasteiger partial charge on any atom is -0.405 e. The van der Waals surface area contributed by atoms with Crippen LogP contribution in [0.3, 0.4) is 0 Å². The predicted molar refractivity (Wildman–Crippen MR) is 110 cm³/mol. The molecule has 3 aliphatic rings. The number of carbonyl (C=O) groups excluding carboxylic acids is 2. The van der Waals surface area contributed by atoms with E-state index in [9.17, 15) is 22.8 Å². The Balaban J connectivity index is 1.40. The van der Waals surface area contributed by atoms with Gasteiger partial charge in [0.2, 0.25) is 5.96 Å². The highest BCUT2D eigenvalue weighted by atomic mass is 79.9. The molecule has 2 heterocycles. The lowest BCUT2D eigenvalue weighted by Crippen LogP contribution is -2.51. The zero-order valence-electron chi connectivity index (χ0n) is 16.0. The molecule has 1 fully saturated rings. The molecule has 11 heteroatoms. The first-order chi connectivity index (χ1) is 14.7. The van der Waals surface area contributed by atoms with E-state index in [4.69, 9.17) is 0 Å². The van der Waals surface area contributed by atoms with Gasteiger partial charge in [-0.25, -0.2) is 4.99 Å². The number of alkyl halides is 3. The molecule has 1 aromatic carbocycles. The first-order valence-corrected chi connectivity index (χ1v) is 10.2. The van der Waals surface area contributed by atoms with Crippen LogP contribution >= 0.6 is 15.9 Å². The number of nitrogens with zero attached hydrogens (tertiary/aromatic N) is 4. The van der Waals surface area contributed by atoms with E-state index in [2.05, 4.69) is 30.7 Å². The third kappa shape index (κ3) is 4.71. The van der Waals surface area contributed by atoms with Crippen LogP contribution in [-0.4, -0.2) is 65.8 Å². The van der Waals surface area contributed by atoms with Gasteiger partial charge in [-0.1, -0.05) is 18.2 Å². The third-order valence-electron chi connectivity index (χ3n) is 4.96. The van der Waals surface area contributed by atoms with Crippen LogP contribution in [-0.2, 0) is 4.79 Å². The van der Waals surface area contributed by atoms with Crippen LogP contribution in [0.1, 0.15) is 10.4 Å². The zero-order valence-corrected chi connectivity index (χ0v) is 17.6. The Kier molecular flexibility index (Phi) is 5.69. The van der Waals surface area contributed by atoms with Gasteiger partial charge in [0.05, 0.1) is 10.2 Å². The van der Waals surface area contributed by atoms with Gasteiger partial charge in [0, 0.05) is 31.7 Å². The van der Waals surface area contributed by atoms with Gasteiger partial charge in [-0.3, -0.25) is 9.59 Å². The van der Waals surface area contributed by atoms with Crippen molar-refractivity contribution in [1.82, 2.24) is 9.80 Å². The lowest BCUT2D eigenvalue weighted by Gasteiger charge is -2.36. The zero-order chi connectivity index (χ0) is 22.2. The number of carbonyl (C=O) groups is 2. The second-order valence-electron chi connectivity index (χ2n) is 6.98. The summed E-state index contributed by atoms with van der Waals surface area (Å²) < 4.78 is 41.2. The van der Waals surface area contributed by atoms with E-state index in [1.165, 1.54) is 12.1 Å². The van der Waals surface area contributed by atoms with Gasteiger partial charge >= 0.3 is 6.36 Å². The molecule has 0 aromatic heterocycles. The summed E-state index contributed by atoms with van der Waals surface area (Å²) in [5, 5.41) is 0. The van der Waals surface area contributed by atoms with Gasteiger partial charge in [-0.15, -0.1) is 13.2 Å². The summed E-state index contributed by atoms with van der Waals surface area (Å²) in [6.45, 7) is 1.56. The number of aliphatic imine (C=N–C) groups is 2. The predicted octanol–water partition coefficient (Wildman–Crippen LogP) is 3.18. The maximum Gasteiger partial charge on any atom is 0.573 e. The van der Waals surface area contributed by atoms with Crippen molar-refractivity contribution < 1.29 is 27.5 Å². The van der Waals surface area contributed by atoms with Crippen molar-refractivity contribution >= 4 is 39.4 Å². The number of fused-ring (bicyclic) bond motifs is 1. The van der Waals surface area contributed by atoms with Gasteiger partial charge in [-0.05, 0) is 40.2 Å². The quantitative estimate of drug-likeness (QED) is 0.630. The number of rotatable bonds is 2. The fourth-order valence-corrected chi connectivity index (χ4v) is 3.89. The summed E-state index contributed by atoms with van der Waals surface area (Å²) in [7, 11) is 0. The minimum absolute atomic E-state index is 0.0318.